The van der Waals surface area contributed by atoms with Gasteiger partial charge in [-0.1, -0.05) is 6.07 Å². The molecule has 1 fully saturated rings. The Morgan fingerprint density at radius 2 is 1.88 bits per heavy atom. The molecule has 0 radical (unpaired) electrons. The molecule has 0 amide bonds. The molecule has 0 unspecified atom stereocenters. The van der Waals surface area contributed by atoms with E-state index in [4.69, 9.17) is 5.26 Å². The smallest absolute Gasteiger partial charge is 0.101 e. The molecular formula is C13H17N3. The molecule has 1 aromatic carbocycles. The Bertz CT molecular complexity index is 412. The van der Waals surface area contributed by atoms with Crippen LogP contribution in [0.2, 0.25) is 0 Å². The molecular weight excluding hydrogens is 198 g/mol. The predicted molar refractivity (Wildman–Crippen MR) is 65.6 cm³/mol. The summed E-state index contributed by atoms with van der Waals surface area (Å²) in [5, 5.41) is 9.10. The summed E-state index contributed by atoms with van der Waals surface area (Å²) in [6, 6.07) is 8.31. The van der Waals surface area contributed by atoms with Crippen LogP contribution < -0.4 is 4.90 Å². The van der Waals surface area contributed by atoms with Gasteiger partial charge < -0.3 is 9.80 Å². The minimum atomic E-state index is 0.787. The molecule has 1 saturated heterocycles. The summed E-state index contributed by atoms with van der Waals surface area (Å²) >= 11 is 0. The van der Waals surface area contributed by atoms with Gasteiger partial charge in [-0.15, -0.1) is 0 Å². The highest BCUT2D eigenvalue weighted by molar-refractivity contribution is 5.60. The van der Waals surface area contributed by atoms with Crippen molar-refractivity contribution in [1.82, 2.24) is 4.90 Å². The molecule has 0 spiro atoms. The minimum Gasteiger partial charge on any atom is -0.368 e. The minimum absolute atomic E-state index is 0.787. The van der Waals surface area contributed by atoms with Gasteiger partial charge in [-0.05, 0) is 31.7 Å². The molecule has 1 aliphatic heterocycles. The van der Waals surface area contributed by atoms with Gasteiger partial charge in [0.1, 0.15) is 6.07 Å². The van der Waals surface area contributed by atoms with Crippen molar-refractivity contribution in [1.29, 1.82) is 5.26 Å². The average Bonchev–Trinajstić information content (AvgIpc) is 2.30. The molecule has 1 aliphatic rings. The summed E-state index contributed by atoms with van der Waals surface area (Å²) in [7, 11) is 2.14. The second-order valence-corrected chi connectivity index (χ2v) is 4.42. The van der Waals surface area contributed by atoms with E-state index in [0.717, 1.165) is 37.4 Å². The third-order valence-corrected chi connectivity index (χ3v) is 3.12. The van der Waals surface area contributed by atoms with Crippen molar-refractivity contribution in [3.05, 3.63) is 29.3 Å². The Balaban J connectivity index is 2.26. The van der Waals surface area contributed by atoms with Crippen LogP contribution in [0.1, 0.15) is 11.1 Å². The van der Waals surface area contributed by atoms with Gasteiger partial charge in [0.05, 0.1) is 11.3 Å². The number of nitriles is 1. The summed E-state index contributed by atoms with van der Waals surface area (Å²) < 4.78 is 0. The average molecular weight is 215 g/mol. The second kappa shape index (κ2) is 4.54. The summed E-state index contributed by atoms with van der Waals surface area (Å²) in [5.41, 5.74) is 3.10. The van der Waals surface area contributed by atoms with Crippen LogP contribution >= 0.6 is 0 Å². The van der Waals surface area contributed by atoms with Crippen LogP contribution in [-0.2, 0) is 0 Å². The fourth-order valence-electron chi connectivity index (χ4n) is 2.05. The Kier molecular flexibility index (Phi) is 3.12. The van der Waals surface area contributed by atoms with Gasteiger partial charge in [-0.2, -0.15) is 5.26 Å². The van der Waals surface area contributed by atoms with Crippen molar-refractivity contribution in [3.8, 4) is 6.07 Å². The molecule has 2 rings (SSSR count). The highest BCUT2D eigenvalue weighted by Gasteiger charge is 2.16. The van der Waals surface area contributed by atoms with Crippen LogP contribution in [-0.4, -0.2) is 38.1 Å². The zero-order chi connectivity index (χ0) is 11.5. The van der Waals surface area contributed by atoms with Crippen LogP contribution in [0.15, 0.2) is 18.2 Å². The predicted octanol–water partition coefficient (Wildman–Crippen LogP) is 1.62. The number of likely N-dealkylation sites (N-methyl/N-ethyl adjacent to an activating group) is 1. The van der Waals surface area contributed by atoms with Crippen LogP contribution in [0.4, 0.5) is 5.69 Å². The first-order valence-electron chi connectivity index (χ1n) is 5.65. The highest BCUT2D eigenvalue weighted by atomic mass is 15.2. The van der Waals surface area contributed by atoms with E-state index in [1.807, 2.05) is 12.1 Å². The maximum atomic E-state index is 9.10. The molecule has 1 heterocycles. The van der Waals surface area contributed by atoms with E-state index in [1.165, 1.54) is 5.56 Å². The lowest BCUT2D eigenvalue weighted by Crippen LogP contribution is -2.44. The quantitative estimate of drug-likeness (QED) is 0.713. The van der Waals surface area contributed by atoms with Gasteiger partial charge in [0, 0.05) is 26.2 Å². The first-order chi connectivity index (χ1) is 7.70. The van der Waals surface area contributed by atoms with Gasteiger partial charge in [-0.3, -0.25) is 0 Å². The van der Waals surface area contributed by atoms with Crippen LogP contribution in [0, 0.1) is 18.3 Å². The standard InChI is InChI=1S/C13H17N3/c1-11-3-4-12(10-14)13(9-11)16-7-5-15(2)6-8-16/h3-4,9H,5-8H2,1-2H3. The third kappa shape index (κ3) is 2.17. The topological polar surface area (TPSA) is 30.3 Å². The number of aryl methyl sites for hydroxylation is 1. The lowest BCUT2D eigenvalue weighted by atomic mass is 10.1. The summed E-state index contributed by atoms with van der Waals surface area (Å²) in [6.07, 6.45) is 0. The van der Waals surface area contributed by atoms with E-state index < -0.39 is 0 Å². The molecule has 3 nitrogen and oxygen atoms in total. The monoisotopic (exact) mass is 215 g/mol. The van der Waals surface area contributed by atoms with E-state index >= 15 is 0 Å². The fourth-order valence-corrected chi connectivity index (χ4v) is 2.05. The van der Waals surface area contributed by atoms with Crippen molar-refractivity contribution in [2.45, 2.75) is 6.92 Å². The van der Waals surface area contributed by atoms with Gasteiger partial charge in [-0.25, -0.2) is 0 Å². The van der Waals surface area contributed by atoms with Crippen molar-refractivity contribution in [3.63, 3.8) is 0 Å². The number of nitrogens with zero attached hydrogens (tertiary/aromatic N) is 3. The van der Waals surface area contributed by atoms with Crippen molar-refractivity contribution >= 4 is 5.69 Å². The van der Waals surface area contributed by atoms with E-state index in [0.29, 0.717) is 0 Å². The molecule has 1 aromatic rings. The van der Waals surface area contributed by atoms with Gasteiger partial charge in [0.2, 0.25) is 0 Å². The second-order valence-electron chi connectivity index (χ2n) is 4.42. The molecule has 3 heteroatoms. The maximum absolute atomic E-state index is 9.10. The van der Waals surface area contributed by atoms with Crippen molar-refractivity contribution < 1.29 is 0 Å². The number of benzene rings is 1. The van der Waals surface area contributed by atoms with E-state index in [2.05, 4.69) is 35.9 Å². The first kappa shape index (κ1) is 11.0. The Morgan fingerprint density at radius 3 is 2.50 bits per heavy atom. The zero-order valence-corrected chi connectivity index (χ0v) is 9.90. The summed E-state index contributed by atoms with van der Waals surface area (Å²) in [5.74, 6) is 0. The highest BCUT2D eigenvalue weighted by Crippen LogP contribution is 2.22. The molecule has 0 aliphatic carbocycles. The lowest BCUT2D eigenvalue weighted by molar-refractivity contribution is 0.313. The van der Waals surface area contributed by atoms with E-state index in [1.54, 1.807) is 0 Å². The zero-order valence-electron chi connectivity index (χ0n) is 9.90. The van der Waals surface area contributed by atoms with E-state index in [-0.39, 0.29) is 0 Å². The summed E-state index contributed by atoms with van der Waals surface area (Å²) in [4.78, 5) is 4.63. The van der Waals surface area contributed by atoms with Crippen molar-refractivity contribution in [2.75, 3.05) is 38.1 Å². The van der Waals surface area contributed by atoms with Gasteiger partial charge >= 0.3 is 0 Å². The summed E-state index contributed by atoms with van der Waals surface area (Å²) in [6.45, 7) is 6.22. The molecule has 0 saturated carbocycles. The largest absolute Gasteiger partial charge is 0.368 e. The van der Waals surface area contributed by atoms with Crippen LogP contribution in [0.25, 0.3) is 0 Å². The number of hydrogen-bond acceptors (Lipinski definition) is 3. The Labute approximate surface area is 96.9 Å². The fraction of sp³-hybridized carbons (Fsp3) is 0.462. The number of rotatable bonds is 1. The number of piperazine rings is 1. The maximum Gasteiger partial charge on any atom is 0.101 e. The van der Waals surface area contributed by atoms with E-state index in [9.17, 15) is 0 Å². The number of anilines is 1. The SMILES string of the molecule is Cc1ccc(C#N)c(N2CCN(C)CC2)c1. The molecule has 84 valence electrons. The van der Waals surface area contributed by atoms with Crippen molar-refractivity contribution in [2.24, 2.45) is 0 Å². The van der Waals surface area contributed by atoms with Crippen LogP contribution in [0.3, 0.4) is 0 Å². The molecule has 0 N–H and O–H groups in total. The van der Waals surface area contributed by atoms with Crippen LogP contribution in [0.5, 0.6) is 0 Å². The van der Waals surface area contributed by atoms with Gasteiger partial charge in [0.15, 0.2) is 0 Å². The Morgan fingerprint density at radius 1 is 1.19 bits per heavy atom. The molecule has 0 atom stereocenters. The third-order valence-electron chi connectivity index (χ3n) is 3.12. The number of hydrogen-bond donors (Lipinski definition) is 0. The lowest BCUT2D eigenvalue weighted by Gasteiger charge is -2.34. The first-order valence-corrected chi connectivity index (χ1v) is 5.65. The molecule has 16 heavy (non-hydrogen) atoms. The molecule has 0 aromatic heterocycles. The normalized spacial score (nSPS) is 17.2. The Hall–Kier alpha value is -1.53. The molecule has 0 bridgehead atoms. The van der Waals surface area contributed by atoms with Gasteiger partial charge in [0.25, 0.3) is 0 Å².